The summed E-state index contributed by atoms with van der Waals surface area (Å²) in [5.41, 5.74) is 10.6. The third-order valence-electron chi connectivity index (χ3n) is 2.75. The number of hydrogen-bond acceptors (Lipinski definition) is 2. The quantitative estimate of drug-likeness (QED) is 0.746. The van der Waals surface area contributed by atoms with Gasteiger partial charge in [0.05, 0.1) is 0 Å². The van der Waals surface area contributed by atoms with Gasteiger partial charge in [0.25, 0.3) is 0 Å². The predicted molar refractivity (Wildman–Crippen MR) is 63.9 cm³/mol. The van der Waals surface area contributed by atoms with Crippen molar-refractivity contribution in [3.8, 4) is 0 Å². The molecule has 0 heterocycles. The van der Waals surface area contributed by atoms with E-state index in [0.29, 0.717) is 0 Å². The molecule has 1 rings (SSSR count). The minimum Gasteiger partial charge on any atom is -0.398 e. The van der Waals surface area contributed by atoms with Crippen molar-refractivity contribution in [3.63, 3.8) is 0 Å². The molecule has 1 aromatic carbocycles. The lowest BCUT2D eigenvalue weighted by atomic mass is 10.1. The number of rotatable bonds is 3. The smallest absolute Gasteiger partial charge is 0.0446 e. The van der Waals surface area contributed by atoms with E-state index in [4.69, 9.17) is 5.73 Å². The predicted octanol–water partition coefficient (Wildman–Crippen LogP) is 2.73. The van der Waals surface area contributed by atoms with Crippen LogP contribution in [0.1, 0.15) is 25.0 Å². The standard InChI is InChI=1S/C12H20N2/c1-5-14(6-2)12-9(3)7-8-11(13)10(12)4/h7-8H,5-6,13H2,1-4H3. The third-order valence-corrected chi connectivity index (χ3v) is 2.75. The molecule has 0 saturated heterocycles. The Balaban J connectivity index is 3.23. The van der Waals surface area contributed by atoms with E-state index in [9.17, 15) is 0 Å². The second-order valence-electron chi connectivity index (χ2n) is 3.62. The van der Waals surface area contributed by atoms with Crippen molar-refractivity contribution in [1.29, 1.82) is 0 Å². The average molecular weight is 192 g/mol. The van der Waals surface area contributed by atoms with E-state index in [1.54, 1.807) is 0 Å². The second-order valence-corrected chi connectivity index (χ2v) is 3.62. The molecule has 2 nitrogen and oxygen atoms in total. The fourth-order valence-electron chi connectivity index (χ4n) is 1.88. The Bertz CT molecular complexity index is 314. The molecule has 14 heavy (non-hydrogen) atoms. The molecule has 0 aliphatic heterocycles. The molecule has 2 N–H and O–H groups in total. The minimum absolute atomic E-state index is 0.887. The molecule has 0 atom stereocenters. The summed E-state index contributed by atoms with van der Waals surface area (Å²) in [4.78, 5) is 2.35. The minimum atomic E-state index is 0.887. The Morgan fingerprint density at radius 2 is 1.71 bits per heavy atom. The van der Waals surface area contributed by atoms with E-state index in [0.717, 1.165) is 18.8 Å². The van der Waals surface area contributed by atoms with Crippen molar-refractivity contribution in [1.82, 2.24) is 0 Å². The Morgan fingerprint density at radius 1 is 1.14 bits per heavy atom. The summed E-state index contributed by atoms with van der Waals surface area (Å²) in [7, 11) is 0. The number of nitrogens with zero attached hydrogens (tertiary/aromatic N) is 1. The summed E-state index contributed by atoms with van der Waals surface area (Å²) >= 11 is 0. The van der Waals surface area contributed by atoms with Crippen LogP contribution < -0.4 is 10.6 Å². The van der Waals surface area contributed by atoms with Crippen LogP contribution >= 0.6 is 0 Å². The third kappa shape index (κ3) is 1.84. The van der Waals surface area contributed by atoms with E-state index in [2.05, 4.69) is 38.7 Å². The van der Waals surface area contributed by atoms with Gasteiger partial charge in [-0.1, -0.05) is 6.07 Å². The van der Waals surface area contributed by atoms with Crippen molar-refractivity contribution < 1.29 is 0 Å². The molecular weight excluding hydrogens is 172 g/mol. The maximum absolute atomic E-state index is 5.91. The van der Waals surface area contributed by atoms with Crippen LogP contribution in [0.4, 0.5) is 11.4 Å². The fraction of sp³-hybridized carbons (Fsp3) is 0.500. The van der Waals surface area contributed by atoms with Gasteiger partial charge in [-0.3, -0.25) is 0 Å². The molecule has 0 aromatic heterocycles. The van der Waals surface area contributed by atoms with Crippen molar-refractivity contribution in [2.75, 3.05) is 23.7 Å². The lowest BCUT2D eigenvalue weighted by Gasteiger charge is -2.26. The van der Waals surface area contributed by atoms with Crippen molar-refractivity contribution in [3.05, 3.63) is 23.3 Å². The highest BCUT2D eigenvalue weighted by Gasteiger charge is 2.10. The highest BCUT2D eigenvalue weighted by molar-refractivity contribution is 5.68. The average Bonchev–Trinajstić information content (AvgIpc) is 2.19. The normalized spacial score (nSPS) is 10.3. The largest absolute Gasteiger partial charge is 0.398 e. The molecule has 2 heteroatoms. The van der Waals surface area contributed by atoms with Gasteiger partial charge in [-0.05, 0) is 44.9 Å². The first-order valence-electron chi connectivity index (χ1n) is 5.22. The Hall–Kier alpha value is -1.18. The molecule has 1 aromatic rings. The molecule has 0 amide bonds. The van der Waals surface area contributed by atoms with E-state index >= 15 is 0 Å². The van der Waals surface area contributed by atoms with Gasteiger partial charge in [-0.15, -0.1) is 0 Å². The summed E-state index contributed by atoms with van der Waals surface area (Å²) in [6.07, 6.45) is 0. The molecule has 0 spiro atoms. The molecular formula is C12H20N2. The second kappa shape index (κ2) is 4.36. The molecule has 0 saturated carbocycles. The summed E-state index contributed by atoms with van der Waals surface area (Å²) in [6.45, 7) is 10.6. The molecule has 78 valence electrons. The maximum atomic E-state index is 5.91. The topological polar surface area (TPSA) is 29.3 Å². The zero-order valence-corrected chi connectivity index (χ0v) is 9.59. The van der Waals surface area contributed by atoms with Gasteiger partial charge in [0.15, 0.2) is 0 Å². The van der Waals surface area contributed by atoms with Crippen molar-refractivity contribution >= 4 is 11.4 Å². The van der Waals surface area contributed by atoms with Gasteiger partial charge in [0.2, 0.25) is 0 Å². The van der Waals surface area contributed by atoms with Gasteiger partial charge >= 0.3 is 0 Å². The first-order chi connectivity index (χ1) is 6.61. The lowest BCUT2D eigenvalue weighted by Crippen LogP contribution is -2.24. The Kier molecular flexibility index (Phi) is 3.39. The van der Waals surface area contributed by atoms with Crippen LogP contribution in [0.2, 0.25) is 0 Å². The number of aryl methyl sites for hydroxylation is 1. The van der Waals surface area contributed by atoms with Crippen LogP contribution in [0.15, 0.2) is 12.1 Å². The maximum Gasteiger partial charge on any atom is 0.0446 e. The van der Waals surface area contributed by atoms with Gasteiger partial charge < -0.3 is 10.6 Å². The van der Waals surface area contributed by atoms with Crippen LogP contribution in [0, 0.1) is 13.8 Å². The van der Waals surface area contributed by atoms with Crippen LogP contribution in [0.5, 0.6) is 0 Å². The van der Waals surface area contributed by atoms with Crippen molar-refractivity contribution in [2.24, 2.45) is 0 Å². The first kappa shape index (κ1) is 10.9. The van der Waals surface area contributed by atoms with E-state index < -0.39 is 0 Å². The van der Waals surface area contributed by atoms with Crippen LogP contribution in [-0.2, 0) is 0 Å². The zero-order valence-electron chi connectivity index (χ0n) is 9.59. The van der Waals surface area contributed by atoms with E-state index in [-0.39, 0.29) is 0 Å². The number of benzene rings is 1. The zero-order chi connectivity index (χ0) is 10.7. The monoisotopic (exact) mass is 192 g/mol. The summed E-state index contributed by atoms with van der Waals surface area (Å²) < 4.78 is 0. The first-order valence-corrected chi connectivity index (χ1v) is 5.22. The number of nitrogen functional groups attached to an aromatic ring is 1. The van der Waals surface area contributed by atoms with Gasteiger partial charge in [0.1, 0.15) is 0 Å². The fourth-order valence-corrected chi connectivity index (χ4v) is 1.88. The number of nitrogens with two attached hydrogens (primary N) is 1. The van der Waals surface area contributed by atoms with E-state index in [1.165, 1.54) is 16.8 Å². The van der Waals surface area contributed by atoms with Crippen LogP contribution in [0.3, 0.4) is 0 Å². The summed E-state index contributed by atoms with van der Waals surface area (Å²) in [6, 6.07) is 4.08. The summed E-state index contributed by atoms with van der Waals surface area (Å²) in [5.74, 6) is 0. The Labute approximate surface area is 86.7 Å². The molecule has 0 bridgehead atoms. The number of anilines is 2. The van der Waals surface area contributed by atoms with Gasteiger partial charge in [0, 0.05) is 24.5 Å². The highest BCUT2D eigenvalue weighted by atomic mass is 15.1. The lowest BCUT2D eigenvalue weighted by molar-refractivity contribution is 0.857. The number of hydrogen-bond donors (Lipinski definition) is 1. The van der Waals surface area contributed by atoms with E-state index in [1.807, 2.05) is 6.07 Å². The van der Waals surface area contributed by atoms with Gasteiger partial charge in [-0.2, -0.15) is 0 Å². The molecule has 0 aliphatic rings. The Morgan fingerprint density at radius 3 is 2.21 bits per heavy atom. The van der Waals surface area contributed by atoms with Crippen LogP contribution in [0.25, 0.3) is 0 Å². The van der Waals surface area contributed by atoms with Crippen molar-refractivity contribution in [2.45, 2.75) is 27.7 Å². The van der Waals surface area contributed by atoms with Crippen LogP contribution in [-0.4, -0.2) is 13.1 Å². The molecule has 0 aliphatic carbocycles. The SMILES string of the molecule is CCN(CC)c1c(C)ccc(N)c1C. The molecule has 0 unspecified atom stereocenters. The summed E-state index contributed by atoms with van der Waals surface area (Å²) in [5, 5.41) is 0. The highest BCUT2D eigenvalue weighted by Crippen LogP contribution is 2.28. The van der Waals surface area contributed by atoms with Gasteiger partial charge in [-0.25, -0.2) is 0 Å². The molecule has 0 radical (unpaired) electrons. The molecule has 0 fully saturated rings.